The van der Waals surface area contributed by atoms with Crippen molar-refractivity contribution in [2.24, 2.45) is 0 Å². The number of rotatable bonds is 1. The number of nitrogens with zero attached hydrogens (tertiary/aromatic N) is 1. The van der Waals surface area contributed by atoms with Gasteiger partial charge in [0, 0.05) is 30.7 Å². The summed E-state index contributed by atoms with van der Waals surface area (Å²) in [6.07, 6.45) is -4.53. The predicted molar refractivity (Wildman–Crippen MR) is 72.1 cm³/mol. The van der Waals surface area contributed by atoms with Crippen LogP contribution in [0.1, 0.15) is 18.4 Å². The van der Waals surface area contributed by atoms with Crippen molar-refractivity contribution < 1.29 is 27.8 Å². The number of carbonyl (C=O) groups is 1. The van der Waals surface area contributed by atoms with Crippen LogP contribution in [0.4, 0.5) is 23.7 Å². The Labute approximate surface area is 124 Å². The van der Waals surface area contributed by atoms with Gasteiger partial charge in [0.05, 0.1) is 0 Å². The van der Waals surface area contributed by atoms with E-state index in [-0.39, 0.29) is 11.2 Å². The first kappa shape index (κ1) is 14.8. The summed E-state index contributed by atoms with van der Waals surface area (Å²) >= 11 is 0. The Hall–Kier alpha value is -2.12. The molecule has 0 aromatic heterocycles. The number of benzene rings is 1. The maximum absolute atomic E-state index is 12.4. The number of carboxylic acid groups (broad SMARTS) is 1. The fraction of sp³-hybridized carbons (Fsp3) is 0.500. The summed E-state index contributed by atoms with van der Waals surface area (Å²) in [6, 6.07) is 4.28. The zero-order valence-corrected chi connectivity index (χ0v) is 11.6. The van der Waals surface area contributed by atoms with E-state index < -0.39 is 12.5 Å². The van der Waals surface area contributed by atoms with Crippen LogP contribution in [-0.4, -0.2) is 42.1 Å². The van der Waals surface area contributed by atoms with Gasteiger partial charge in [0.25, 0.3) is 0 Å². The molecule has 2 heterocycles. The Morgan fingerprint density at radius 2 is 2.00 bits per heavy atom. The summed E-state index contributed by atoms with van der Waals surface area (Å²) in [5.74, 6) is -0.241. The maximum Gasteiger partial charge on any atom is 0.573 e. The lowest BCUT2D eigenvalue weighted by atomic mass is 9.74. The van der Waals surface area contributed by atoms with Gasteiger partial charge in [0.1, 0.15) is 5.75 Å². The van der Waals surface area contributed by atoms with Gasteiger partial charge in [-0.3, -0.25) is 0 Å². The number of hydrogen-bond acceptors (Lipinski definition) is 3. The fourth-order valence-electron chi connectivity index (χ4n) is 3.25. The molecule has 2 aliphatic rings. The van der Waals surface area contributed by atoms with Gasteiger partial charge in [-0.15, -0.1) is 13.2 Å². The Balaban J connectivity index is 1.84. The third-order valence-corrected chi connectivity index (χ3v) is 4.40. The highest BCUT2D eigenvalue weighted by atomic mass is 19.4. The summed E-state index contributed by atoms with van der Waals surface area (Å²) in [5, 5.41) is 12.2. The minimum atomic E-state index is -4.72. The molecule has 8 heteroatoms. The first-order chi connectivity index (χ1) is 10.3. The molecule has 0 aliphatic carbocycles. The average Bonchev–Trinajstić information content (AvgIpc) is 2.76. The van der Waals surface area contributed by atoms with Crippen molar-refractivity contribution in [1.82, 2.24) is 4.90 Å². The molecule has 0 saturated carbocycles. The zero-order valence-electron chi connectivity index (χ0n) is 11.6. The van der Waals surface area contributed by atoms with Crippen molar-refractivity contribution in [2.75, 3.05) is 25.0 Å². The highest BCUT2D eigenvalue weighted by molar-refractivity contribution is 5.66. The van der Waals surface area contributed by atoms with Crippen LogP contribution in [0.5, 0.6) is 5.75 Å². The zero-order chi connectivity index (χ0) is 16.0. The number of nitrogens with one attached hydrogen (secondary N) is 1. The Kier molecular flexibility index (Phi) is 3.34. The maximum atomic E-state index is 12.4. The topological polar surface area (TPSA) is 61.8 Å². The molecule has 0 bridgehead atoms. The van der Waals surface area contributed by atoms with Crippen LogP contribution >= 0.6 is 0 Å². The highest BCUT2D eigenvalue weighted by Crippen LogP contribution is 2.45. The van der Waals surface area contributed by atoms with Crippen molar-refractivity contribution in [2.45, 2.75) is 24.6 Å². The molecule has 22 heavy (non-hydrogen) atoms. The van der Waals surface area contributed by atoms with Gasteiger partial charge in [-0.2, -0.15) is 0 Å². The number of halogens is 3. The van der Waals surface area contributed by atoms with Crippen molar-refractivity contribution in [3.63, 3.8) is 0 Å². The molecule has 0 atom stereocenters. The van der Waals surface area contributed by atoms with Gasteiger partial charge in [0.15, 0.2) is 0 Å². The molecule has 120 valence electrons. The summed E-state index contributed by atoms with van der Waals surface area (Å²) < 4.78 is 41.1. The van der Waals surface area contributed by atoms with Gasteiger partial charge >= 0.3 is 12.5 Å². The van der Waals surface area contributed by atoms with Gasteiger partial charge in [0.2, 0.25) is 0 Å². The van der Waals surface area contributed by atoms with Crippen molar-refractivity contribution >= 4 is 11.8 Å². The SMILES string of the molecule is O=C(O)N1CCC2(CC1)CNc1ccc(OC(F)(F)F)cc12. The highest BCUT2D eigenvalue weighted by Gasteiger charge is 2.43. The molecule has 0 radical (unpaired) electrons. The van der Waals surface area contributed by atoms with Crippen LogP contribution in [0.15, 0.2) is 18.2 Å². The molecule has 1 fully saturated rings. The Morgan fingerprint density at radius 3 is 2.59 bits per heavy atom. The van der Waals surface area contributed by atoms with Crippen LogP contribution in [0.3, 0.4) is 0 Å². The van der Waals surface area contributed by atoms with E-state index in [1.807, 2.05) is 0 Å². The third-order valence-electron chi connectivity index (χ3n) is 4.40. The largest absolute Gasteiger partial charge is 0.573 e. The first-order valence-electron chi connectivity index (χ1n) is 6.91. The van der Waals surface area contributed by atoms with E-state index >= 15 is 0 Å². The molecular weight excluding hydrogens is 301 g/mol. The summed E-state index contributed by atoms with van der Waals surface area (Å²) in [4.78, 5) is 12.3. The van der Waals surface area contributed by atoms with E-state index in [9.17, 15) is 18.0 Å². The fourth-order valence-corrected chi connectivity index (χ4v) is 3.25. The minimum absolute atomic E-state index is 0.241. The van der Waals surface area contributed by atoms with E-state index in [1.54, 1.807) is 6.07 Å². The first-order valence-corrected chi connectivity index (χ1v) is 6.91. The Bertz CT molecular complexity index is 595. The molecule has 2 aliphatic heterocycles. The smallest absolute Gasteiger partial charge is 0.465 e. The van der Waals surface area contributed by atoms with Gasteiger partial charge < -0.3 is 20.1 Å². The second kappa shape index (κ2) is 4.96. The second-order valence-electron chi connectivity index (χ2n) is 5.66. The number of fused-ring (bicyclic) bond motifs is 2. The summed E-state index contributed by atoms with van der Waals surface area (Å²) in [6.45, 7) is 1.35. The Morgan fingerprint density at radius 1 is 1.32 bits per heavy atom. The second-order valence-corrected chi connectivity index (χ2v) is 5.66. The van der Waals surface area contributed by atoms with Crippen molar-refractivity contribution in [1.29, 1.82) is 0 Å². The average molecular weight is 316 g/mol. The van der Waals surface area contributed by atoms with Crippen molar-refractivity contribution in [3.8, 4) is 5.75 Å². The third kappa shape index (κ3) is 2.65. The number of piperidine rings is 1. The van der Waals surface area contributed by atoms with Crippen LogP contribution in [0.25, 0.3) is 0 Å². The van der Waals surface area contributed by atoms with Gasteiger partial charge in [-0.25, -0.2) is 4.79 Å². The van der Waals surface area contributed by atoms with E-state index in [0.717, 1.165) is 11.3 Å². The molecule has 1 aromatic carbocycles. The number of hydrogen-bond donors (Lipinski definition) is 2. The van der Waals surface area contributed by atoms with Gasteiger partial charge in [-0.1, -0.05) is 0 Å². The molecule has 0 unspecified atom stereocenters. The molecule has 1 spiro atoms. The number of likely N-dealkylation sites (tertiary alicyclic amines) is 1. The van der Waals surface area contributed by atoms with Crippen LogP contribution in [0, 0.1) is 0 Å². The van der Waals surface area contributed by atoms with Crippen LogP contribution in [-0.2, 0) is 5.41 Å². The normalized spacial score (nSPS) is 19.7. The molecule has 1 aromatic rings. The standard InChI is InChI=1S/C14H15F3N2O3/c15-14(16,17)22-9-1-2-11-10(7-9)13(8-18-11)3-5-19(6-4-13)12(20)21/h1-2,7,18H,3-6,8H2,(H,20,21). The molecule has 3 rings (SSSR count). The summed E-state index contributed by atoms with van der Waals surface area (Å²) in [5.41, 5.74) is 1.24. The molecule has 1 amide bonds. The van der Waals surface area contributed by atoms with Crippen LogP contribution < -0.4 is 10.1 Å². The van der Waals surface area contributed by atoms with Crippen molar-refractivity contribution in [3.05, 3.63) is 23.8 Å². The summed E-state index contributed by atoms with van der Waals surface area (Å²) in [7, 11) is 0. The van der Waals surface area contributed by atoms with E-state index in [1.165, 1.54) is 17.0 Å². The van der Waals surface area contributed by atoms with E-state index in [4.69, 9.17) is 5.11 Å². The molecule has 2 N–H and O–H groups in total. The number of anilines is 1. The number of alkyl halides is 3. The predicted octanol–water partition coefficient (Wildman–Crippen LogP) is 3.02. The van der Waals surface area contributed by atoms with E-state index in [0.29, 0.717) is 32.5 Å². The van der Waals surface area contributed by atoms with E-state index in [2.05, 4.69) is 10.1 Å². The molecule has 1 saturated heterocycles. The number of amides is 1. The molecular formula is C14H15F3N2O3. The minimum Gasteiger partial charge on any atom is -0.465 e. The quantitative estimate of drug-likeness (QED) is 0.836. The van der Waals surface area contributed by atoms with Gasteiger partial charge in [-0.05, 0) is 36.6 Å². The lowest BCUT2D eigenvalue weighted by Crippen LogP contribution is -2.45. The lowest BCUT2D eigenvalue weighted by Gasteiger charge is -2.38. The van der Waals surface area contributed by atoms with Crippen LogP contribution in [0.2, 0.25) is 0 Å². The molecule has 5 nitrogen and oxygen atoms in total. The number of ether oxygens (including phenoxy) is 1. The lowest BCUT2D eigenvalue weighted by molar-refractivity contribution is -0.274. The monoisotopic (exact) mass is 316 g/mol.